The molecule has 2 rings (SSSR count). The average Bonchev–Trinajstić information content (AvgIpc) is 2.75. The van der Waals surface area contributed by atoms with E-state index in [0.717, 1.165) is 11.8 Å². The number of rotatable bonds is 3. The van der Waals surface area contributed by atoms with Crippen molar-refractivity contribution in [2.24, 2.45) is 0 Å². The lowest BCUT2D eigenvalue weighted by Crippen LogP contribution is -1.90. The lowest BCUT2D eigenvalue weighted by molar-refractivity contribution is -0.384. The Labute approximate surface area is 106 Å². The summed E-state index contributed by atoms with van der Waals surface area (Å²) in [6.45, 7) is 1.65. The van der Waals surface area contributed by atoms with Crippen molar-refractivity contribution in [3.05, 3.63) is 39.8 Å². The molecule has 0 bridgehead atoms. The highest BCUT2D eigenvalue weighted by Gasteiger charge is 2.13. The molecule has 2 aromatic rings. The number of nitro groups is 1. The Kier molecular flexibility index (Phi) is 3.25. The fourth-order valence-electron chi connectivity index (χ4n) is 1.22. The Hall–Kier alpha value is -2.40. The lowest BCUT2D eigenvalue weighted by Gasteiger charge is -1.99. The van der Waals surface area contributed by atoms with E-state index in [1.807, 2.05) is 6.07 Å². The van der Waals surface area contributed by atoms with Crippen LogP contribution in [0.25, 0.3) is 0 Å². The van der Waals surface area contributed by atoms with Crippen molar-refractivity contribution in [2.75, 3.05) is 0 Å². The predicted octanol–water partition coefficient (Wildman–Crippen LogP) is 2.31. The normalized spacial score (nSPS) is 10.0. The van der Waals surface area contributed by atoms with Crippen molar-refractivity contribution in [3.63, 3.8) is 0 Å². The molecule has 0 spiro atoms. The van der Waals surface area contributed by atoms with Crippen LogP contribution in [0.2, 0.25) is 0 Å². The molecule has 8 heteroatoms. The fraction of sp³-hybridized carbons (Fsp3) is 0.100. The number of nitriles is 1. The van der Waals surface area contributed by atoms with Crippen molar-refractivity contribution >= 4 is 17.4 Å². The highest BCUT2D eigenvalue weighted by atomic mass is 32.2. The van der Waals surface area contributed by atoms with E-state index in [0.29, 0.717) is 10.8 Å². The number of hydrogen-bond acceptors (Lipinski definition) is 7. The van der Waals surface area contributed by atoms with Crippen molar-refractivity contribution in [1.82, 2.24) is 10.2 Å². The summed E-state index contributed by atoms with van der Waals surface area (Å²) in [4.78, 5) is 10.6. The summed E-state index contributed by atoms with van der Waals surface area (Å²) in [5.74, 6) is 0.415. The molecule has 0 unspecified atom stereocenters. The molecule has 0 N–H and O–H groups in total. The molecule has 0 saturated carbocycles. The second-order valence-electron chi connectivity index (χ2n) is 3.24. The van der Waals surface area contributed by atoms with Gasteiger partial charge in [0.15, 0.2) is 0 Å². The minimum atomic E-state index is -0.549. The maximum atomic E-state index is 10.6. The van der Waals surface area contributed by atoms with E-state index < -0.39 is 4.92 Å². The molecule has 1 aromatic heterocycles. The third-order valence-electron chi connectivity index (χ3n) is 2.00. The minimum Gasteiger partial charge on any atom is -0.416 e. The fourth-order valence-corrected chi connectivity index (χ4v) is 2.00. The van der Waals surface area contributed by atoms with Gasteiger partial charge in [0.25, 0.3) is 10.9 Å². The van der Waals surface area contributed by atoms with Crippen LogP contribution in [-0.4, -0.2) is 15.1 Å². The number of aromatic nitrogens is 2. The topological polar surface area (TPSA) is 106 Å². The molecule has 0 aliphatic carbocycles. The standard InChI is InChI=1S/C10H6N4O3S/c1-6-12-13-10(17-6)18-9-3-2-8(14(15)16)4-7(9)5-11/h2-4H,1H3. The molecule has 1 aromatic carbocycles. The zero-order valence-corrected chi connectivity index (χ0v) is 9.97. The maximum absolute atomic E-state index is 10.6. The predicted molar refractivity (Wildman–Crippen MR) is 61.0 cm³/mol. The summed E-state index contributed by atoms with van der Waals surface area (Å²) in [5, 5.41) is 27.3. The smallest absolute Gasteiger partial charge is 0.281 e. The molecule has 0 amide bonds. The Morgan fingerprint density at radius 1 is 1.50 bits per heavy atom. The van der Waals surface area contributed by atoms with Crippen LogP contribution in [0.15, 0.2) is 32.7 Å². The summed E-state index contributed by atoms with van der Waals surface area (Å²) in [6, 6.07) is 5.93. The summed E-state index contributed by atoms with van der Waals surface area (Å²) in [5.41, 5.74) is 0.0719. The number of non-ortho nitro benzene ring substituents is 1. The van der Waals surface area contributed by atoms with Crippen LogP contribution in [0.3, 0.4) is 0 Å². The van der Waals surface area contributed by atoms with Gasteiger partial charge in [-0.15, -0.1) is 10.2 Å². The van der Waals surface area contributed by atoms with E-state index in [2.05, 4.69) is 10.2 Å². The van der Waals surface area contributed by atoms with Crippen molar-refractivity contribution in [1.29, 1.82) is 5.26 Å². The van der Waals surface area contributed by atoms with E-state index in [9.17, 15) is 10.1 Å². The van der Waals surface area contributed by atoms with Gasteiger partial charge in [-0.1, -0.05) is 0 Å². The highest BCUT2D eigenvalue weighted by Crippen LogP contribution is 2.31. The molecule has 0 atom stereocenters. The zero-order valence-electron chi connectivity index (χ0n) is 9.15. The van der Waals surface area contributed by atoms with Gasteiger partial charge in [-0.05, 0) is 17.8 Å². The molecule has 1 heterocycles. The summed E-state index contributed by atoms with van der Waals surface area (Å²) in [7, 11) is 0. The molecule has 18 heavy (non-hydrogen) atoms. The molecule has 0 radical (unpaired) electrons. The number of aryl methyl sites for hydroxylation is 1. The third-order valence-corrected chi connectivity index (χ3v) is 2.91. The van der Waals surface area contributed by atoms with E-state index in [-0.39, 0.29) is 16.5 Å². The third kappa shape index (κ3) is 2.46. The summed E-state index contributed by atoms with van der Waals surface area (Å²) >= 11 is 1.09. The molecule has 90 valence electrons. The second kappa shape index (κ2) is 4.85. The highest BCUT2D eigenvalue weighted by molar-refractivity contribution is 7.99. The van der Waals surface area contributed by atoms with Gasteiger partial charge in [0, 0.05) is 24.0 Å². The van der Waals surface area contributed by atoms with Crippen molar-refractivity contribution < 1.29 is 9.34 Å². The molecule has 0 fully saturated rings. The first-order chi connectivity index (χ1) is 8.60. The largest absolute Gasteiger partial charge is 0.416 e. The summed E-state index contributed by atoms with van der Waals surface area (Å²) < 4.78 is 5.16. The first-order valence-corrected chi connectivity index (χ1v) is 5.58. The number of hydrogen-bond donors (Lipinski definition) is 0. The quantitative estimate of drug-likeness (QED) is 0.617. The molecule has 0 aliphatic rings. The number of nitrogens with zero attached hydrogens (tertiary/aromatic N) is 4. The van der Waals surface area contributed by atoms with Gasteiger partial charge >= 0.3 is 0 Å². The van der Waals surface area contributed by atoms with Crippen molar-refractivity contribution in [2.45, 2.75) is 17.0 Å². The molecule has 7 nitrogen and oxygen atoms in total. The Balaban J connectivity index is 2.34. The molecular formula is C10H6N4O3S. The van der Waals surface area contributed by atoms with Crippen LogP contribution in [0.1, 0.15) is 11.5 Å². The van der Waals surface area contributed by atoms with Gasteiger partial charge in [0.1, 0.15) is 6.07 Å². The van der Waals surface area contributed by atoms with Gasteiger partial charge in [-0.2, -0.15) is 5.26 Å². The van der Waals surface area contributed by atoms with Crippen LogP contribution in [-0.2, 0) is 0 Å². The Morgan fingerprint density at radius 3 is 2.83 bits per heavy atom. The Morgan fingerprint density at radius 2 is 2.28 bits per heavy atom. The van der Waals surface area contributed by atoms with E-state index in [1.54, 1.807) is 6.92 Å². The van der Waals surface area contributed by atoms with Crippen LogP contribution in [0.4, 0.5) is 5.69 Å². The van der Waals surface area contributed by atoms with E-state index in [1.165, 1.54) is 18.2 Å². The van der Waals surface area contributed by atoms with Crippen LogP contribution in [0.5, 0.6) is 0 Å². The maximum Gasteiger partial charge on any atom is 0.281 e. The Bertz CT molecular complexity index is 647. The second-order valence-corrected chi connectivity index (χ2v) is 4.23. The number of nitro benzene ring substituents is 1. The van der Waals surface area contributed by atoms with Crippen LogP contribution < -0.4 is 0 Å². The first kappa shape index (κ1) is 12.1. The van der Waals surface area contributed by atoms with Gasteiger partial charge in [-0.25, -0.2) is 0 Å². The number of benzene rings is 1. The van der Waals surface area contributed by atoms with Crippen LogP contribution >= 0.6 is 11.8 Å². The minimum absolute atomic E-state index is 0.127. The lowest BCUT2D eigenvalue weighted by atomic mass is 10.2. The monoisotopic (exact) mass is 262 g/mol. The van der Waals surface area contributed by atoms with Gasteiger partial charge < -0.3 is 4.42 Å². The average molecular weight is 262 g/mol. The summed E-state index contributed by atoms with van der Waals surface area (Å²) in [6.07, 6.45) is 0. The van der Waals surface area contributed by atoms with Crippen molar-refractivity contribution in [3.8, 4) is 6.07 Å². The molecule has 0 saturated heterocycles. The van der Waals surface area contributed by atoms with Gasteiger partial charge in [-0.3, -0.25) is 10.1 Å². The first-order valence-electron chi connectivity index (χ1n) is 4.76. The van der Waals surface area contributed by atoms with E-state index >= 15 is 0 Å². The van der Waals surface area contributed by atoms with Gasteiger partial charge in [0.05, 0.1) is 10.5 Å². The zero-order chi connectivity index (χ0) is 13.1. The van der Waals surface area contributed by atoms with E-state index in [4.69, 9.17) is 9.68 Å². The molecule has 0 aliphatic heterocycles. The van der Waals surface area contributed by atoms with Gasteiger partial charge in [0.2, 0.25) is 5.89 Å². The SMILES string of the molecule is Cc1nnc(Sc2ccc([N+](=O)[O-])cc2C#N)o1. The molecular weight excluding hydrogens is 256 g/mol. The van der Waals surface area contributed by atoms with Crippen LogP contribution in [0, 0.1) is 28.4 Å².